The van der Waals surface area contributed by atoms with Crippen LogP contribution in [0.3, 0.4) is 0 Å². The molecule has 0 saturated heterocycles. The average Bonchev–Trinajstić information content (AvgIpc) is 3.00. The molecule has 5 N–H and O–H groups in total. The van der Waals surface area contributed by atoms with Crippen LogP contribution < -0.4 is 11.5 Å². The van der Waals surface area contributed by atoms with Gasteiger partial charge in [-0.05, 0) is 35.7 Å². The van der Waals surface area contributed by atoms with Crippen molar-refractivity contribution in [2.75, 3.05) is 13.1 Å². The molecular formula is C21H23ClF2N4O. The second-order valence-electron chi connectivity index (χ2n) is 7.24. The molecule has 2 aromatic carbocycles. The highest BCUT2D eigenvalue weighted by Gasteiger charge is 2.30. The molecule has 8 heteroatoms. The molecule has 1 aliphatic rings. The first-order chi connectivity index (χ1) is 13.5. The molecule has 2 atom stereocenters. The van der Waals surface area contributed by atoms with Crippen LogP contribution in [0.2, 0.25) is 0 Å². The second-order valence-corrected chi connectivity index (χ2v) is 7.24. The molecule has 2 heterocycles. The van der Waals surface area contributed by atoms with Crippen LogP contribution in [0.4, 0.5) is 8.78 Å². The first-order valence-electron chi connectivity index (χ1n) is 9.26. The lowest BCUT2D eigenvalue weighted by Crippen LogP contribution is -2.42. The van der Waals surface area contributed by atoms with Crippen LogP contribution in [-0.2, 0) is 6.54 Å². The van der Waals surface area contributed by atoms with E-state index in [1.54, 1.807) is 11.0 Å². The third kappa shape index (κ3) is 3.99. The van der Waals surface area contributed by atoms with Gasteiger partial charge in [0, 0.05) is 42.1 Å². The van der Waals surface area contributed by atoms with Gasteiger partial charge in [-0.3, -0.25) is 4.79 Å². The number of nitrogens with one attached hydrogen (secondary N) is 1. The number of amides is 1. The Kier molecular flexibility index (Phi) is 6.21. The first-order valence-corrected chi connectivity index (χ1v) is 9.26. The maximum Gasteiger partial charge on any atom is 0.271 e. The van der Waals surface area contributed by atoms with E-state index >= 15 is 0 Å². The molecule has 1 aromatic heterocycles. The molecule has 1 unspecified atom stereocenters. The van der Waals surface area contributed by atoms with Crippen molar-refractivity contribution >= 4 is 29.2 Å². The van der Waals surface area contributed by atoms with E-state index < -0.39 is 12.2 Å². The zero-order chi connectivity index (χ0) is 19.8. The van der Waals surface area contributed by atoms with Gasteiger partial charge in [0.2, 0.25) is 0 Å². The Morgan fingerprint density at radius 2 is 1.97 bits per heavy atom. The molecule has 0 bridgehead atoms. The monoisotopic (exact) mass is 420 g/mol. The molecule has 0 saturated carbocycles. The fourth-order valence-electron chi connectivity index (χ4n) is 3.87. The lowest BCUT2D eigenvalue weighted by atomic mass is 9.98. The van der Waals surface area contributed by atoms with Gasteiger partial charge in [0.15, 0.2) is 0 Å². The summed E-state index contributed by atoms with van der Waals surface area (Å²) in [6.07, 6.45) is -1.11. The van der Waals surface area contributed by atoms with Gasteiger partial charge >= 0.3 is 0 Å². The molecule has 5 nitrogen and oxygen atoms in total. The molecule has 4 rings (SSSR count). The smallest absolute Gasteiger partial charge is 0.271 e. The average molecular weight is 421 g/mol. The van der Waals surface area contributed by atoms with Crippen molar-refractivity contribution in [1.29, 1.82) is 0 Å². The number of halogens is 3. The molecule has 1 aliphatic heterocycles. The summed E-state index contributed by atoms with van der Waals surface area (Å²) < 4.78 is 27.5. The predicted octanol–water partition coefficient (Wildman–Crippen LogP) is 3.37. The highest BCUT2D eigenvalue weighted by molar-refractivity contribution is 6.11. The zero-order valence-electron chi connectivity index (χ0n) is 15.7. The minimum Gasteiger partial charge on any atom is -0.350 e. The number of aromatic amines is 1. The van der Waals surface area contributed by atoms with Crippen molar-refractivity contribution in [1.82, 2.24) is 9.88 Å². The van der Waals surface area contributed by atoms with Crippen molar-refractivity contribution in [3.63, 3.8) is 0 Å². The van der Waals surface area contributed by atoms with Crippen molar-refractivity contribution in [3.05, 3.63) is 59.5 Å². The van der Waals surface area contributed by atoms with Crippen LogP contribution in [0.1, 0.15) is 22.5 Å². The number of H-pyrrole nitrogens is 1. The number of hydrogen-bond acceptors (Lipinski definition) is 3. The normalized spacial score (nSPS) is 15.3. The number of carbonyl (C=O) groups is 1. The maximum absolute atomic E-state index is 13.9. The van der Waals surface area contributed by atoms with Crippen molar-refractivity contribution in [2.45, 2.75) is 25.2 Å². The van der Waals surface area contributed by atoms with Gasteiger partial charge in [-0.1, -0.05) is 24.3 Å². The number of hydrogen-bond donors (Lipinski definition) is 3. The summed E-state index contributed by atoms with van der Waals surface area (Å²) in [7, 11) is 0. The molecule has 0 spiro atoms. The van der Waals surface area contributed by atoms with Crippen LogP contribution in [-0.4, -0.2) is 41.1 Å². The maximum atomic E-state index is 13.9. The number of fused-ring (bicyclic) bond motifs is 5. The fourth-order valence-corrected chi connectivity index (χ4v) is 3.87. The zero-order valence-corrected chi connectivity index (χ0v) is 16.5. The quantitative estimate of drug-likeness (QED) is 0.591. The number of aromatic nitrogens is 1. The molecule has 154 valence electrons. The number of nitrogens with two attached hydrogens (primary N) is 2. The van der Waals surface area contributed by atoms with E-state index in [0.717, 1.165) is 11.1 Å². The molecule has 29 heavy (non-hydrogen) atoms. The summed E-state index contributed by atoms with van der Waals surface area (Å²) >= 11 is 0. The molecule has 0 fully saturated rings. The third-order valence-electron chi connectivity index (χ3n) is 5.18. The van der Waals surface area contributed by atoms with Gasteiger partial charge < -0.3 is 21.4 Å². The summed E-state index contributed by atoms with van der Waals surface area (Å²) in [6, 6.07) is 11.5. The van der Waals surface area contributed by atoms with Gasteiger partial charge in [-0.25, -0.2) is 8.78 Å². The Balaban J connectivity index is 0.00000240. The summed E-state index contributed by atoms with van der Waals surface area (Å²) in [5, 5.41) is 0.661. The van der Waals surface area contributed by atoms with Crippen LogP contribution >= 0.6 is 12.4 Å². The van der Waals surface area contributed by atoms with E-state index in [4.69, 9.17) is 11.5 Å². The summed E-state index contributed by atoms with van der Waals surface area (Å²) in [5.74, 6) is -0.598. The summed E-state index contributed by atoms with van der Waals surface area (Å²) in [5.41, 5.74) is 15.0. The van der Waals surface area contributed by atoms with Gasteiger partial charge in [0.25, 0.3) is 5.91 Å². The van der Waals surface area contributed by atoms with E-state index in [1.165, 1.54) is 12.1 Å². The molecule has 3 aromatic rings. The minimum atomic E-state index is -1.20. The molecule has 0 aliphatic carbocycles. The standard InChI is InChI=1S/C21H22F2N4O.ClH/c22-13-5-6-18-17(8-13)19-16-4-2-1-3-12(16)10-27(21(28)20(19)26-18)11-15(25)7-14(23)9-24;/h1-6,8,14-15,26H,7,9-11,24-25H2;1H/t14?,15-;/m1./s1. The van der Waals surface area contributed by atoms with Crippen molar-refractivity contribution < 1.29 is 13.6 Å². The largest absolute Gasteiger partial charge is 0.350 e. The van der Waals surface area contributed by atoms with Gasteiger partial charge in [-0.2, -0.15) is 0 Å². The van der Waals surface area contributed by atoms with Gasteiger partial charge in [0.05, 0.1) is 0 Å². The topological polar surface area (TPSA) is 88.1 Å². The first kappa shape index (κ1) is 21.2. The number of benzene rings is 2. The number of carbonyl (C=O) groups excluding carboxylic acids is 1. The number of rotatable bonds is 5. The van der Waals surface area contributed by atoms with Crippen LogP contribution in [0, 0.1) is 5.82 Å². The molecular weight excluding hydrogens is 398 g/mol. The Bertz CT molecular complexity index is 1040. The van der Waals surface area contributed by atoms with E-state index in [1.807, 2.05) is 24.3 Å². The summed E-state index contributed by atoms with van der Waals surface area (Å²) in [6.45, 7) is 0.459. The van der Waals surface area contributed by atoms with Crippen LogP contribution in [0.5, 0.6) is 0 Å². The van der Waals surface area contributed by atoms with E-state index in [-0.39, 0.29) is 43.6 Å². The van der Waals surface area contributed by atoms with Gasteiger partial charge in [-0.15, -0.1) is 12.4 Å². The van der Waals surface area contributed by atoms with E-state index in [9.17, 15) is 13.6 Å². The number of nitrogens with zero attached hydrogens (tertiary/aromatic N) is 1. The third-order valence-corrected chi connectivity index (χ3v) is 5.18. The SMILES string of the molecule is Cl.NCC(F)C[C@@H](N)CN1Cc2ccccc2-c2c([nH]c3ccc(F)cc23)C1=O. The summed E-state index contributed by atoms with van der Waals surface area (Å²) in [4.78, 5) is 18.0. The lowest BCUT2D eigenvalue weighted by molar-refractivity contribution is 0.0724. The minimum absolute atomic E-state index is 0. The van der Waals surface area contributed by atoms with Crippen molar-refractivity contribution in [2.24, 2.45) is 11.5 Å². The second kappa shape index (κ2) is 8.49. The Morgan fingerprint density at radius 1 is 1.21 bits per heavy atom. The predicted molar refractivity (Wildman–Crippen MR) is 112 cm³/mol. The molecule has 0 radical (unpaired) electrons. The highest BCUT2D eigenvalue weighted by Crippen LogP contribution is 2.38. The van der Waals surface area contributed by atoms with E-state index in [0.29, 0.717) is 28.7 Å². The van der Waals surface area contributed by atoms with Gasteiger partial charge in [0.1, 0.15) is 17.7 Å². The Hall–Kier alpha value is -2.48. The van der Waals surface area contributed by atoms with E-state index in [2.05, 4.69) is 4.98 Å². The highest BCUT2D eigenvalue weighted by atomic mass is 35.5. The van der Waals surface area contributed by atoms with Crippen LogP contribution in [0.15, 0.2) is 42.5 Å². The Labute approximate surface area is 173 Å². The van der Waals surface area contributed by atoms with Crippen LogP contribution in [0.25, 0.3) is 22.0 Å². The molecule has 1 amide bonds. The lowest BCUT2D eigenvalue weighted by Gasteiger charge is -2.25. The van der Waals surface area contributed by atoms with Crippen molar-refractivity contribution in [3.8, 4) is 11.1 Å². The Morgan fingerprint density at radius 3 is 2.72 bits per heavy atom. The fraction of sp³-hybridized carbons (Fsp3) is 0.286. The number of alkyl halides is 1.